The highest BCUT2D eigenvalue weighted by molar-refractivity contribution is 9.10. The Bertz CT molecular complexity index is 523. The average molecular weight is 320 g/mol. The molecule has 0 aliphatic heterocycles. The number of benzene rings is 1. The third kappa shape index (κ3) is 3.07. The van der Waals surface area contributed by atoms with E-state index in [1.165, 1.54) is 18.6 Å². The second-order valence-corrected chi connectivity index (χ2v) is 4.53. The average Bonchev–Trinajstić information content (AvgIpc) is 2.79. The molecule has 0 saturated heterocycles. The van der Waals surface area contributed by atoms with Crippen LogP contribution in [0.15, 0.2) is 45.7 Å². The van der Waals surface area contributed by atoms with Gasteiger partial charge < -0.3 is 9.73 Å². The minimum absolute atomic E-state index is 0.394. The van der Waals surface area contributed by atoms with E-state index in [0.29, 0.717) is 16.7 Å². The van der Waals surface area contributed by atoms with E-state index in [2.05, 4.69) is 21.2 Å². The maximum Gasteiger partial charge on any atom is 0.416 e. The first-order valence-corrected chi connectivity index (χ1v) is 5.88. The molecule has 18 heavy (non-hydrogen) atoms. The van der Waals surface area contributed by atoms with E-state index in [4.69, 9.17) is 4.42 Å². The first-order chi connectivity index (χ1) is 8.47. The molecule has 0 atom stereocenters. The van der Waals surface area contributed by atoms with Gasteiger partial charge in [-0.25, -0.2) is 0 Å². The first kappa shape index (κ1) is 13.0. The zero-order valence-corrected chi connectivity index (χ0v) is 10.7. The highest BCUT2D eigenvalue weighted by Gasteiger charge is 2.30. The van der Waals surface area contributed by atoms with Crippen molar-refractivity contribution < 1.29 is 17.6 Å². The Morgan fingerprint density at radius 1 is 1.22 bits per heavy atom. The van der Waals surface area contributed by atoms with Crippen LogP contribution in [0.3, 0.4) is 0 Å². The molecule has 0 fully saturated rings. The Balaban J connectivity index is 2.16. The minimum Gasteiger partial charge on any atom is -0.472 e. The molecule has 1 aromatic heterocycles. The normalized spacial score (nSPS) is 11.6. The molecular formula is C12H9BrF3NO. The summed E-state index contributed by atoms with van der Waals surface area (Å²) in [4.78, 5) is 0. The van der Waals surface area contributed by atoms with Gasteiger partial charge in [0.05, 0.1) is 18.1 Å². The predicted molar refractivity (Wildman–Crippen MR) is 65.2 cm³/mol. The van der Waals surface area contributed by atoms with Crippen molar-refractivity contribution in [2.24, 2.45) is 0 Å². The number of alkyl halides is 3. The van der Waals surface area contributed by atoms with Crippen molar-refractivity contribution in [1.29, 1.82) is 0 Å². The van der Waals surface area contributed by atoms with E-state index in [0.717, 1.165) is 17.7 Å². The van der Waals surface area contributed by atoms with E-state index in [1.54, 1.807) is 6.07 Å². The molecular weight excluding hydrogens is 311 g/mol. The molecule has 2 aromatic rings. The van der Waals surface area contributed by atoms with Crippen molar-refractivity contribution >= 4 is 21.6 Å². The highest BCUT2D eigenvalue weighted by atomic mass is 79.9. The van der Waals surface area contributed by atoms with E-state index < -0.39 is 11.7 Å². The highest BCUT2D eigenvalue weighted by Crippen LogP contribution is 2.34. The van der Waals surface area contributed by atoms with Crippen molar-refractivity contribution in [3.05, 3.63) is 52.4 Å². The fraction of sp³-hybridized carbons (Fsp3) is 0.167. The molecule has 0 amide bonds. The summed E-state index contributed by atoms with van der Waals surface area (Å²) in [7, 11) is 0. The zero-order chi connectivity index (χ0) is 13.2. The zero-order valence-electron chi connectivity index (χ0n) is 9.09. The van der Waals surface area contributed by atoms with Gasteiger partial charge in [0.25, 0.3) is 0 Å². The first-order valence-electron chi connectivity index (χ1n) is 5.08. The molecule has 0 spiro atoms. The quantitative estimate of drug-likeness (QED) is 0.889. The molecule has 1 N–H and O–H groups in total. The molecule has 0 radical (unpaired) electrons. The van der Waals surface area contributed by atoms with Crippen LogP contribution in [0, 0.1) is 0 Å². The topological polar surface area (TPSA) is 25.2 Å². The Morgan fingerprint density at radius 2 is 2.00 bits per heavy atom. The predicted octanol–water partition coefficient (Wildman–Crippen LogP) is 4.67. The van der Waals surface area contributed by atoms with Crippen molar-refractivity contribution in [2.75, 3.05) is 5.32 Å². The monoisotopic (exact) mass is 319 g/mol. The number of anilines is 1. The molecule has 0 aliphatic rings. The van der Waals surface area contributed by atoms with Gasteiger partial charge in [-0.3, -0.25) is 0 Å². The molecule has 6 heteroatoms. The van der Waals surface area contributed by atoms with Crippen LogP contribution in [0.25, 0.3) is 0 Å². The number of nitrogens with one attached hydrogen (secondary N) is 1. The molecule has 0 saturated carbocycles. The SMILES string of the molecule is FC(F)(F)c1ccc(Br)c(NCc2ccoc2)c1. The lowest BCUT2D eigenvalue weighted by molar-refractivity contribution is -0.137. The van der Waals surface area contributed by atoms with Gasteiger partial charge in [0.15, 0.2) is 0 Å². The van der Waals surface area contributed by atoms with Crippen LogP contribution in [-0.2, 0) is 12.7 Å². The fourth-order valence-electron chi connectivity index (χ4n) is 1.43. The number of hydrogen-bond acceptors (Lipinski definition) is 2. The summed E-state index contributed by atoms with van der Waals surface area (Å²) in [6.45, 7) is 0.399. The lowest BCUT2D eigenvalue weighted by atomic mass is 10.2. The van der Waals surface area contributed by atoms with Crippen LogP contribution >= 0.6 is 15.9 Å². The fourth-order valence-corrected chi connectivity index (χ4v) is 1.81. The Labute approximate surface area is 110 Å². The molecule has 2 rings (SSSR count). The number of furan rings is 1. The lowest BCUT2D eigenvalue weighted by Crippen LogP contribution is -2.06. The Kier molecular flexibility index (Phi) is 3.65. The maximum absolute atomic E-state index is 12.6. The number of halogens is 4. The van der Waals surface area contributed by atoms with Crippen molar-refractivity contribution in [3.63, 3.8) is 0 Å². The van der Waals surface area contributed by atoms with Crippen LogP contribution < -0.4 is 5.32 Å². The molecule has 0 aliphatic carbocycles. The van der Waals surface area contributed by atoms with Gasteiger partial charge in [-0.2, -0.15) is 13.2 Å². The summed E-state index contributed by atoms with van der Waals surface area (Å²) in [5, 5.41) is 2.92. The van der Waals surface area contributed by atoms with Gasteiger partial charge >= 0.3 is 6.18 Å². The molecule has 96 valence electrons. The maximum atomic E-state index is 12.6. The Morgan fingerprint density at radius 3 is 2.61 bits per heavy atom. The second kappa shape index (κ2) is 5.06. The van der Waals surface area contributed by atoms with E-state index in [9.17, 15) is 13.2 Å². The summed E-state index contributed by atoms with van der Waals surface area (Å²) >= 11 is 3.21. The summed E-state index contributed by atoms with van der Waals surface area (Å²) < 4.78 is 43.1. The van der Waals surface area contributed by atoms with Crippen molar-refractivity contribution in [2.45, 2.75) is 12.7 Å². The standard InChI is InChI=1S/C12H9BrF3NO/c13-10-2-1-9(12(14,15)16)5-11(10)17-6-8-3-4-18-7-8/h1-5,7,17H,6H2. The third-order valence-corrected chi connectivity index (χ3v) is 3.05. The summed E-state index contributed by atoms with van der Waals surface area (Å²) in [5.74, 6) is 0. The van der Waals surface area contributed by atoms with E-state index in [1.807, 2.05) is 0 Å². The van der Waals surface area contributed by atoms with Gasteiger partial charge in [0.1, 0.15) is 0 Å². The van der Waals surface area contributed by atoms with Gasteiger partial charge in [-0.15, -0.1) is 0 Å². The van der Waals surface area contributed by atoms with Crippen LogP contribution in [0.2, 0.25) is 0 Å². The smallest absolute Gasteiger partial charge is 0.416 e. The molecule has 0 bridgehead atoms. The van der Waals surface area contributed by atoms with Gasteiger partial charge in [-0.05, 0) is 40.2 Å². The van der Waals surface area contributed by atoms with Gasteiger partial charge in [-0.1, -0.05) is 0 Å². The van der Waals surface area contributed by atoms with Crippen LogP contribution in [0.5, 0.6) is 0 Å². The molecule has 1 heterocycles. The molecule has 2 nitrogen and oxygen atoms in total. The Hall–Kier alpha value is -1.43. The third-order valence-electron chi connectivity index (χ3n) is 2.36. The number of rotatable bonds is 3. The minimum atomic E-state index is -4.34. The van der Waals surface area contributed by atoms with Crippen LogP contribution in [0.4, 0.5) is 18.9 Å². The van der Waals surface area contributed by atoms with E-state index >= 15 is 0 Å². The number of hydrogen-bond donors (Lipinski definition) is 1. The van der Waals surface area contributed by atoms with Gasteiger partial charge in [0, 0.05) is 22.3 Å². The van der Waals surface area contributed by atoms with Crippen molar-refractivity contribution in [1.82, 2.24) is 0 Å². The van der Waals surface area contributed by atoms with E-state index in [-0.39, 0.29) is 0 Å². The largest absolute Gasteiger partial charge is 0.472 e. The molecule has 1 aromatic carbocycles. The summed E-state index contributed by atoms with van der Waals surface area (Å²) in [5.41, 5.74) is 0.575. The molecule has 0 unspecified atom stereocenters. The van der Waals surface area contributed by atoms with Crippen LogP contribution in [-0.4, -0.2) is 0 Å². The summed E-state index contributed by atoms with van der Waals surface area (Å²) in [6.07, 6.45) is -1.29. The second-order valence-electron chi connectivity index (χ2n) is 3.68. The van der Waals surface area contributed by atoms with Crippen LogP contribution in [0.1, 0.15) is 11.1 Å². The van der Waals surface area contributed by atoms with Gasteiger partial charge in [0.2, 0.25) is 0 Å². The lowest BCUT2D eigenvalue weighted by Gasteiger charge is -2.12. The van der Waals surface area contributed by atoms with Crippen molar-refractivity contribution in [3.8, 4) is 0 Å². The summed E-state index contributed by atoms with van der Waals surface area (Å²) in [6, 6.07) is 5.23.